The molecule has 31 heavy (non-hydrogen) atoms. The molecule has 4 rings (SSSR count). The number of anilines is 2. The number of carbonyl (C=O) groups excluding carboxylic acids is 2. The first kappa shape index (κ1) is 20.2. The fourth-order valence-electron chi connectivity index (χ4n) is 3.39. The van der Waals surface area contributed by atoms with Gasteiger partial charge in [0.2, 0.25) is 0 Å². The van der Waals surface area contributed by atoms with E-state index in [2.05, 4.69) is 0 Å². The number of rotatable bonds is 3. The Morgan fingerprint density at radius 3 is 2.00 bits per heavy atom. The van der Waals surface area contributed by atoms with Crippen molar-refractivity contribution in [3.8, 4) is 0 Å². The van der Waals surface area contributed by atoms with E-state index in [0.717, 1.165) is 12.1 Å². The summed E-state index contributed by atoms with van der Waals surface area (Å²) in [5.41, 5.74) is 5.72. The molecule has 2 N–H and O–H groups in total. The molecule has 0 aliphatic heterocycles. The summed E-state index contributed by atoms with van der Waals surface area (Å²) >= 11 is 0. The number of nitrogens with two attached hydrogens (primary N) is 1. The number of aromatic nitrogens is 1. The minimum atomic E-state index is -4.50. The van der Waals surface area contributed by atoms with Crippen LogP contribution in [0.25, 0.3) is 10.9 Å². The molecule has 0 fully saturated rings. The molecular formula is C23H16F3N3O2. The predicted molar refractivity (Wildman–Crippen MR) is 111 cm³/mol. The van der Waals surface area contributed by atoms with Crippen molar-refractivity contribution in [2.75, 3.05) is 4.90 Å². The Labute approximate surface area is 175 Å². The highest BCUT2D eigenvalue weighted by Crippen LogP contribution is 2.33. The number of amides is 2. The van der Waals surface area contributed by atoms with E-state index in [1.807, 2.05) is 0 Å². The molecule has 3 aromatic carbocycles. The van der Waals surface area contributed by atoms with Gasteiger partial charge in [0, 0.05) is 5.39 Å². The fourth-order valence-corrected chi connectivity index (χ4v) is 3.39. The molecule has 0 unspecified atom stereocenters. The van der Waals surface area contributed by atoms with Crippen LogP contribution in [-0.4, -0.2) is 16.5 Å². The van der Waals surface area contributed by atoms with Crippen molar-refractivity contribution in [1.29, 1.82) is 0 Å². The summed E-state index contributed by atoms with van der Waals surface area (Å²) in [6.07, 6.45) is -4.50. The highest BCUT2D eigenvalue weighted by atomic mass is 19.4. The Hall–Kier alpha value is -4.07. The van der Waals surface area contributed by atoms with Gasteiger partial charge in [0.15, 0.2) is 0 Å². The zero-order valence-electron chi connectivity index (χ0n) is 16.0. The number of primary amides is 1. The van der Waals surface area contributed by atoms with Crippen LogP contribution in [0.4, 0.5) is 29.3 Å². The summed E-state index contributed by atoms with van der Waals surface area (Å²) in [4.78, 5) is 27.0. The van der Waals surface area contributed by atoms with E-state index in [0.29, 0.717) is 16.6 Å². The van der Waals surface area contributed by atoms with E-state index >= 15 is 0 Å². The van der Waals surface area contributed by atoms with Crippen molar-refractivity contribution in [3.63, 3.8) is 0 Å². The summed E-state index contributed by atoms with van der Waals surface area (Å²) < 4.78 is 40.2. The molecule has 5 nitrogen and oxygen atoms in total. The first-order valence-corrected chi connectivity index (χ1v) is 9.24. The van der Waals surface area contributed by atoms with Gasteiger partial charge in [0.05, 0.1) is 22.5 Å². The van der Waals surface area contributed by atoms with Crippen LogP contribution < -0.4 is 10.6 Å². The number of nitrogens with zero attached hydrogens (tertiary/aromatic N) is 2. The first-order chi connectivity index (χ1) is 14.8. The molecule has 0 aliphatic rings. The summed E-state index contributed by atoms with van der Waals surface area (Å²) in [5.74, 6) is -0.801. The maximum absolute atomic E-state index is 13.7. The third-order valence-corrected chi connectivity index (χ3v) is 4.81. The normalized spacial score (nSPS) is 11.5. The lowest BCUT2D eigenvalue weighted by atomic mass is 10.1. The van der Waals surface area contributed by atoms with Gasteiger partial charge in [-0.3, -0.25) is 14.3 Å². The largest absolute Gasteiger partial charge is 0.416 e. The molecule has 8 heteroatoms. The second-order valence-electron chi connectivity index (χ2n) is 6.79. The highest BCUT2D eigenvalue weighted by Gasteiger charge is 2.31. The maximum atomic E-state index is 13.7. The van der Waals surface area contributed by atoms with E-state index < -0.39 is 23.7 Å². The molecule has 1 aromatic heterocycles. The zero-order valence-corrected chi connectivity index (χ0v) is 16.0. The molecule has 0 saturated carbocycles. The average Bonchev–Trinajstić information content (AvgIpc) is 3.14. The number of para-hydroxylation sites is 2. The van der Waals surface area contributed by atoms with E-state index in [9.17, 15) is 22.8 Å². The van der Waals surface area contributed by atoms with Gasteiger partial charge >= 0.3 is 12.2 Å². The SMILES string of the molecule is NC(=O)c1cc2ccccc2n1C(=O)N(c1ccccc1)c1ccc(C(F)(F)F)cc1. The van der Waals surface area contributed by atoms with Crippen molar-refractivity contribution < 1.29 is 22.8 Å². The van der Waals surface area contributed by atoms with Gasteiger partial charge in [0.25, 0.3) is 5.91 Å². The number of hydrogen-bond donors (Lipinski definition) is 1. The summed E-state index contributed by atoms with van der Waals surface area (Å²) in [7, 11) is 0. The van der Waals surface area contributed by atoms with Crippen molar-refractivity contribution in [1.82, 2.24) is 4.57 Å². The molecule has 1 heterocycles. The molecule has 4 aromatic rings. The third kappa shape index (κ3) is 3.75. The monoisotopic (exact) mass is 423 g/mol. The van der Waals surface area contributed by atoms with Crippen molar-refractivity contribution in [3.05, 3.63) is 96.2 Å². The average molecular weight is 423 g/mol. The van der Waals surface area contributed by atoms with Crippen LogP contribution in [-0.2, 0) is 6.18 Å². The van der Waals surface area contributed by atoms with Crippen molar-refractivity contribution in [2.24, 2.45) is 5.73 Å². The molecule has 0 atom stereocenters. The molecule has 2 amide bonds. The quantitative estimate of drug-likeness (QED) is 0.468. The van der Waals surface area contributed by atoms with Gasteiger partial charge in [0.1, 0.15) is 5.69 Å². The zero-order chi connectivity index (χ0) is 22.2. The second-order valence-corrected chi connectivity index (χ2v) is 6.79. The number of halogens is 3. The van der Waals surface area contributed by atoms with Crippen molar-refractivity contribution >= 4 is 34.2 Å². The Balaban J connectivity index is 1.90. The van der Waals surface area contributed by atoms with E-state index in [1.165, 1.54) is 27.7 Å². The predicted octanol–water partition coefficient (Wildman–Crippen LogP) is 5.57. The van der Waals surface area contributed by atoms with Gasteiger partial charge < -0.3 is 5.73 Å². The Kier molecular flexibility index (Phi) is 4.98. The van der Waals surface area contributed by atoms with Crippen molar-refractivity contribution in [2.45, 2.75) is 6.18 Å². The summed E-state index contributed by atoms with van der Waals surface area (Å²) in [6.45, 7) is 0. The molecule has 0 aliphatic carbocycles. The topological polar surface area (TPSA) is 68.3 Å². The van der Waals surface area contributed by atoms with Gasteiger partial charge in [-0.05, 0) is 48.5 Å². The van der Waals surface area contributed by atoms with Crippen LogP contribution in [0.2, 0.25) is 0 Å². The van der Waals surface area contributed by atoms with Gasteiger partial charge in [-0.2, -0.15) is 13.2 Å². The molecule has 0 spiro atoms. The minimum absolute atomic E-state index is 0.0287. The summed E-state index contributed by atoms with van der Waals surface area (Å²) in [6, 6.07) is 20.4. The van der Waals surface area contributed by atoms with Gasteiger partial charge in [-0.1, -0.05) is 36.4 Å². The Bertz CT molecular complexity index is 1260. The van der Waals surface area contributed by atoms with Gasteiger partial charge in [-0.25, -0.2) is 4.79 Å². The third-order valence-electron chi connectivity index (χ3n) is 4.81. The second kappa shape index (κ2) is 7.64. The lowest BCUT2D eigenvalue weighted by molar-refractivity contribution is -0.137. The standard InChI is InChI=1S/C23H16F3N3O2/c24-23(25,26)16-10-12-18(13-11-16)28(17-7-2-1-3-8-17)22(31)29-19-9-5-4-6-15(19)14-20(29)21(27)30/h1-14H,(H2,27,30). The van der Waals surface area contributed by atoms with E-state index in [-0.39, 0.29) is 11.4 Å². The number of benzene rings is 3. The van der Waals surface area contributed by atoms with Crippen LogP contribution in [0.5, 0.6) is 0 Å². The van der Waals surface area contributed by atoms with Crippen LogP contribution in [0, 0.1) is 0 Å². The van der Waals surface area contributed by atoms with Crippen LogP contribution in [0.3, 0.4) is 0 Å². The lowest BCUT2D eigenvalue weighted by Gasteiger charge is -2.24. The molecule has 0 saturated heterocycles. The lowest BCUT2D eigenvalue weighted by Crippen LogP contribution is -2.33. The molecule has 156 valence electrons. The van der Waals surface area contributed by atoms with E-state index in [4.69, 9.17) is 5.73 Å². The number of carbonyl (C=O) groups is 2. The highest BCUT2D eigenvalue weighted by molar-refractivity contribution is 6.10. The van der Waals surface area contributed by atoms with Crippen LogP contribution in [0.1, 0.15) is 16.1 Å². The first-order valence-electron chi connectivity index (χ1n) is 9.24. The Morgan fingerprint density at radius 2 is 1.39 bits per heavy atom. The fraction of sp³-hybridized carbons (Fsp3) is 0.0435. The molecular weight excluding hydrogens is 407 g/mol. The molecule has 0 radical (unpaired) electrons. The number of fused-ring (bicyclic) bond motifs is 1. The minimum Gasteiger partial charge on any atom is -0.364 e. The maximum Gasteiger partial charge on any atom is 0.416 e. The van der Waals surface area contributed by atoms with Gasteiger partial charge in [-0.15, -0.1) is 0 Å². The molecule has 0 bridgehead atoms. The number of alkyl halides is 3. The van der Waals surface area contributed by atoms with Crippen LogP contribution in [0.15, 0.2) is 84.9 Å². The smallest absolute Gasteiger partial charge is 0.364 e. The Morgan fingerprint density at radius 1 is 0.806 bits per heavy atom. The summed E-state index contributed by atoms with van der Waals surface area (Å²) in [5, 5.41) is 0.630. The van der Waals surface area contributed by atoms with E-state index in [1.54, 1.807) is 54.6 Å². The van der Waals surface area contributed by atoms with Crippen LogP contribution >= 0.6 is 0 Å². The number of hydrogen-bond acceptors (Lipinski definition) is 2.